The molecule has 4 heteroatoms. The van der Waals surface area contributed by atoms with Gasteiger partial charge < -0.3 is 5.11 Å². The number of phenols is 1. The van der Waals surface area contributed by atoms with Gasteiger partial charge in [-0.15, -0.1) is 65.8 Å². The average Bonchev–Trinajstić information content (AvgIpc) is 3.01. The van der Waals surface area contributed by atoms with Gasteiger partial charge in [0.15, 0.2) is 0 Å². The van der Waals surface area contributed by atoms with E-state index in [0.717, 1.165) is 5.56 Å². The molecule has 0 unspecified atom stereocenters. The van der Waals surface area contributed by atoms with Crippen LogP contribution in [0.5, 0.6) is 5.75 Å². The number of rotatable bonds is 0. The van der Waals surface area contributed by atoms with E-state index in [2.05, 4.69) is 116 Å². The molecule has 2 aliphatic carbocycles. The van der Waals surface area contributed by atoms with Crippen molar-refractivity contribution in [2.24, 2.45) is 0 Å². The van der Waals surface area contributed by atoms with E-state index >= 15 is 0 Å². The molecular formula is C28H35Cl2OTi. The van der Waals surface area contributed by atoms with Gasteiger partial charge in [-0.3, -0.25) is 0 Å². The number of hydrogen-bond acceptors (Lipinski definition) is 1. The number of aryl methyl sites for hydroxylation is 2. The Labute approximate surface area is 217 Å². The van der Waals surface area contributed by atoms with Crippen LogP contribution in [0.3, 0.4) is 0 Å². The summed E-state index contributed by atoms with van der Waals surface area (Å²) in [5.74, 6) is 0.361. The van der Waals surface area contributed by atoms with Crippen molar-refractivity contribution in [3.63, 3.8) is 0 Å². The zero-order chi connectivity index (χ0) is 22.5. The van der Waals surface area contributed by atoms with Crippen LogP contribution in [-0.4, -0.2) is 8.92 Å². The Balaban J connectivity index is 0.000000495. The predicted octanol–water partition coefficient (Wildman–Crippen LogP) is 8.56. The number of phenolic OH excluding ortho intramolecular Hbond substituents is 1. The second kappa shape index (κ2) is 13.3. The third kappa shape index (κ3) is 8.79. The molecule has 171 valence electrons. The molecule has 1 nitrogen and oxygen atoms in total. The van der Waals surface area contributed by atoms with Crippen molar-refractivity contribution < 1.29 is 25.1 Å². The fourth-order valence-corrected chi connectivity index (χ4v) is 3.33. The molecule has 4 rings (SSSR count). The van der Waals surface area contributed by atoms with Gasteiger partial charge in [-0.1, -0.05) is 68.8 Å². The molecule has 0 amide bonds. The first-order chi connectivity index (χ1) is 14.0. The van der Waals surface area contributed by atoms with E-state index in [0.29, 0.717) is 5.75 Å². The zero-order valence-electron chi connectivity index (χ0n) is 20.1. The van der Waals surface area contributed by atoms with Gasteiger partial charge in [0.2, 0.25) is 0 Å². The molecule has 0 atom stereocenters. The minimum Gasteiger partial charge on any atom is -0.508 e. The Morgan fingerprint density at radius 3 is 2.06 bits per heavy atom. The van der Waals surface area contributed by atoms with Gasteiger partial charge in [0.25, 0.3) is 0 Å². The summed E-state index contributed by atoms with van der Waals surface area (Å²) in [6.45, 7) is 14.7. The van der Waals surface area contributed by atoms with Crippen LogP contribution in [0, 0.1) is 13.8 Å². The normalized spacial score (nSPS) is 10.2. The Kier molecular flexibility index (Phi) is 12.6. The quantitative estimate of drug-likeness (QED) is 0.187. The molecule has 2 aliphatic rings. The van der Waals surface area contributed by atoms with Crippen LogP contribution in [0.1, 0.15) is 51.3 Å². The number of fused-ring (bicyclic) bond motifs is 3. The minimum absolute atomic E-state index is 0. The van der Waals surface area contributed by atoms with Gasteiger partial charge >= 0.3 is 37.6 Å². The van der Waals surface area contributed by atoms with Gasteiger partial charge in [0, 0.05) is 0 Å². The minimum atomic E-state index is 0. The van der Waals surface area contributed by atoms with E-state index in [1.54, 1.807) is 6.07 Å². The summed E-state index contributed by atoms with van der Waals surface area (Å²) in [6, 6.07) is 23.0. The van der Waals surface area contributed by atoms with Crippen molar-refractivity contribution in [2.45, 2.75) is 53.9 Å². The topological polar surface area (TPSA) is 20.2 Å². The van der Waals surface area contributed by atoms with Crippen LogP contribution in [0.25, 0.3) is 21.9 Å². The number of benzene rings is 3. The van der Waals surface area contributed by atoms with Crippen molar-refractivity contribution in [3.8, 4) is 16.9 Å². The van der Waals surface area contributed by atoms with E-state index in [-0.39, 0.29) is 30.2 Å². The van der Waals surface area contributed by atoms with Crippen LogP contribution >= 0.6 is 24.8 Å². The van der Waals surface area contributed by atoms with Gasteiger partial charge in [0.1, 0.15) is 5.75 Å². The first-order valence-electron chi connectivity index (χ1n) is 10.4. The standard InChI is InChI=1S/C14H11.C11H16O.C3H6.2ClH.Ti/c1-10-5-4-8-13-12-7-3-2-6-11(12)9-14(10)13;1-8-5-9(11(2,3)4)7-10(12)6-8;1-3-2;;;/h2-9H,1H3;5-7,12H,1-4H3;1-2H3;2*1H;/q-1;;;;;+1. The molecule has 1 N–H and O–H groups in total. The molecule has 0 radical (unpaired) electrons. The van der Waals surface area contributed by atoms with E-state index in [9.17, 15) is 5.11 Å². The first kappa shape index (κ1) is 30.5. The summed E-state index contributed by atoms with van der Waals surface area (Å²) in [5.41, 5.74) is 6.52. The predicted molar refractivity (Wildman–Crippen MR) is 143 cm³/mol. The van der Waals surface area contributed by atoms with Crippen molar-refractivity contribution in [1.82, 2.24) is 0 Å². The smallest absolute Gasteiger partial charge is 0.116 e. The Morgan fingerprint density at radius 1 is 0.906 bits per heavy atom. The Hall–Kier alpha value is -1.51. The fourth-order valence-electron chi connectivity index (χ4n) is 3.33. The third-order valence-electron chi connectivity index (χ3n) is 4.80. The maximum Gasteiger partial charge on any atom is 0.116 e. The zero-order valence-corrected chi connectivity index (χ0v) is 23.3. The van der Waals surface area contributed by atoms with E-state index < -0.39 is 0 Å². The van der Waals surface area contributed by atoms with Gasteiger partial charge in [-0.2, -0.15) is 0 Å². The molecule has 0 heterocycles. The number of hydrogen-bond donors (Lipinski definition) is 1. The molecule has 0 saturated heterocycles. The molecular weight excluding hydrogens is 471 g/mol. The van der Waals surface area contributed by atoms with Crippen LogP contribution in [-0.2, 0) is 25.4 Å². The summed E-state index contributed by atoms with van der Waals surface area (Å²) in [7, 11) is 0. The largest absolute Gasteiger partial charge is 0.508 e. The van der Waals surface area contributed by atoms with Crippen LogP contribution in [0.2, 0.25) is 0 Å². The maximum absolute atomic E-state index is 9.36. The molecule has 0 spiro atoms. The molecule has 32 heavy (non-hydrogen) atoms. The van der Waals surface area contributed by atoms with Crippen LogP contribution < -0.4 is 0 Å². The Bertz CT molecular complexity index is 1080. The Morgan fingerprint density at radius 2 is 1.50 bits per heavy atom. The first-order valence-corrected chi connectivity index (χ1v) is 11.1. The van der Waals surface area contributed by atoms with Gasteiger partial charge in [-0.05, 0) is 35.6 Å². The number of aromatic hydroxyl groups is 1. The van der Waals surface area contributed by atoms with Gasteiger partial charge in [0.05, 0.1) is 0 Å². The van der Waals surface area contributed by atoms with E-state index in [4.69, 9.17) is 0 Å². The molecule has 0 fully saturated rings. The van der Waals surface area contributed by atoms with Crippen molar-refractivity contribution in [3.05, 3.63) is 83.4 Å². The summed E-state index contributed by atoms with van der Waals surface area (Å²) in [4.78, 5) is 0. The van der Waals surface area contributed by atoms with Crippen molar-refractivity contribution in [1.29, 1.82) is 0 Å². The summed E-state index contributed by atoms with van der Waals surface area (Å²) in [5, 5.41) is 12.1. The monoisotopic (exact) mass is 505 g/mol. The molecule has 0 bridgehead atoms. The molecule has 2 aromatic carbocycles. The summed E-state index contributed by atoms with van der Waals surface area (Å²) in [6.07, 6.45) is 0. The maximum atomic E-state index is 9.36. The number of halogens is 2. The SMILES string of the molecule is C[C](C)=[Ti+].C[c-]1cccc2c3ccccc3cc1-2.Cc1cc(O)cc(C(C)(C)C)c1.Cl.Cl. The van der Waals surface area contributed by atoms with Crippen LogP contribution in [0.15, 0.2) is 66.7 Å². The van der Waals surface area contributed by atoms with Gasteiger partial charge in [-0.25, -0.2) is 0 Å². The molecule has 0 aromatic heterocycles. The molecule has 2 aromatic rings. The third-order valence-corrected chi connectivity index (χ3v) is 4.80. The summed E-state index contributed by atoms with van der Waals surface area (Å²) >= 11 is 2.08. The summed E-state index contributed by atoms with van der Waals surface area (Å²) < 4.78 is 1.42. The second-order valence-corrected chi connectivity index (χ2v) is 10.6. The van der Waals surface area contributed by atoms with E-state index in [1.807, 2.05) is 13.0 Å². The molecule has 0 saturated carbocycles. The van der Waals surface area contributed by atoms with Crippen LogP contribution in [0.4, 0.5) is 0 Å². The van der Waals surface area contributed by atoms with E-state index in [1.165, 1.54) is 36.8 Å². The molecule has 0 aliphatic heterocycles. The second-order valence-electron chi connectivity index (χ2n) is 9.07. The van der Waals surface area contributed by atoms with Crippen molar-refractivity contribution >= 4 is 39.4 Å². The fraction of sp³-hybridized carbons (Fsp3) is 0.286. The van der Waals surface area contributed by atoms with Crippen molar-refractivity contribution in [2.75, 3.05) is 0 Å². The average molecular weight is 506 g/mol.